The highest BCUT2D eigenvalue weighted by atomic mass is 35.5. The highest BCUT2D eigenvalue weighted by Gasteiger charge is 2.18. The maximum Gasteiger partial charge on any atom is 0.288 e. The Balaban J connectivity index is 0.000000254. The largest absolute Gasteiger partial charge is 0.369 e. The van der Waals surface area contributed by atoms with Gasteiger partial charge >= 0.3 is 0 Å². The average Bonchev–Trinajstić information content (AvgIpc) is 2.69. The van der Waals surface area contributed by atoms with E-state index in [0.717, 1.165) is 38.4 Å². The van der Waals surface area contributed by atoms with Crippen LogP contribution in [0.5, 0.6) is 0 Å². The van der Waals surface area contributed by atoms with Crippen molar-refractivity contribution < 1.29 is 4.92 Å². The predicted molar refractivity (Wildman–Crippen MR) is 107 cm³/mol. The van der Waals surface area contributed by atoms with E-state index in [0.29, 0.717) is 0 Å². The molecule has 1 aromatic carbocycles. The van der Waals surface area contributed by atoms with Crippen molar-refractivity contribution in [3.05, 3.63) is 33.3 Å². The van der Waals surface area contributed by atoms with Crippen molar-refractivity contribution in [2.75, 3.05) is 70.3 Å². The van der Waals surface area contributed by atoms with Crippen LogP contribution in [0.1, 0.15) is 13.8 Å². The van der Waals surface area contributed by atoms with E-state index < -0.39 is 4.92 Å². The molecule has 2 aliphatic heterocycles. The van der Waals surface area contributed by atoms with Gasteiger partial charge < -0.3 is 20.0 Å². The van der Waals surface area contributed by atoms with Crippen LogP contribution < -0.4 is 10.2 Å². The number of likely N-dealkylation sites (N-methyl/N-ethyl adjacent to an activating group) is 2. The Morgan fingerprint density at radius 3 is 2.08 bits per heavy atom. The summed E-state index contributed by atoms with van der Waals surface area (Å²) in [6.45, 7) is 15.4. The molecule has 0 unspecified atom stereocenters. The molecule has 146 valence electrons. The lowest BCUT2D eigenvalue weighted by atomic mass is 10.2. The lowest BCUT2D eigenvalue weighted by molar-refractivity contribution is -0.384. The minimum atomic E-state index is -0.457. The molecule has 0 amide bonds. The topological polar surface area (TPSA) is 64.9 Å². The number of hydrogen-bond donors (Lipinski definition) is 1. The van der Waals surface area contributed by atoms with Crippen LogP contribution in [0.2, 0.25) is 5.02 Å². The molecule has 26 heavy (non-hydrogen) atoms. The Labute approximate surface area is 161 Å². The van der Waals surface area contributed by atoms with Gasteiger partial charge in [-0.15, -0.1) is 0 Å². The Hall–Kier alpha value is -1.41. The molecule has 0 aromatic heterocycles. The van der Waals surface area contributed by atoms with E-state index in [4.69, 9.17) is 11.6 Å². The quantitative estimate of drug-likeness (QED) is 0.635. The van der Waals surface area contributed by atoms with Gasteiger partial charge in [-0.25, -0.2) is 0 Å². The van der Waals surface area contributed by atoms with E-state index >= 15 is 0 Å². The fourth-order valence-electron chi connectivity index (χ4n) is 3.19. The number of piperazine rings is 2. The first-order chi connectivity index (χ1) is 12.5. The number of nitrogens with one attached hydrogen (secondary N) is 1. The van der Waals surface area contributed by atoms with Crippen LogP contribution in [0.15, 0.2) is 18.2 Å². The van der Waals surface area contributed by atoms with E-state index in [2.05, 4.69) is 33.9 Å². The van der Waals surface area contributed by atoms with Crippen molar-refractivity contribution in [1.82, 2.24) is 15.1 Å². The molecular formula is C18H30ClN5O2. The maximum atomic E-state index is 10.7. The van der Waals surface area contributed by atoms with Crippen LogP contribution in [0, 0.1) is 10.1 Å². The van der Waals surface area contributed by atoms with Crippen LogP contribution in [0.4, 0.5) is 11.4 Å². The van der Waals surface area contributed by atoms with Gasteiger partial charge in [0.25, 0.3) is 5.69 Å². The molecule has 0 saturated carbocycles. The first-order valence-electron chi connectivity index (χ1n) is 9.39. The lowest BCUT2D eigenvalue weighted by Crippen LogP contribution is -2.46. The van der Waals surface area contributed by atoms with Gasteiger partial charge in [0, 0.05) is 64.1 Å². The predicted octanol–water partition coefficient (Wildman–Crippen LogP) is 2.30. The second-order valence-electron chi connectivity index (χ2n) is 6.50. The van der Waals surface area contributed by atoms with Gasteiger partial charge in [-0.2, -0.15) is 0 Å². The van der Waals surface area contributed by atoms with Crippen LogP contribution in [-0.4, -0.2) is 80.2 Å². The highest BCUT2D eigenvalue weighted by Crippen LogP contribution is 2.29. The fraction of sp³-hybridized carbons (Fsp3) is 0.667. The molecule has 0 spiro atoms. The van der Waals surface area contributed by atoms with Crippen molar-refractivity contribution in [2.45, 2.75) is 13.8 Å². The van der Waals surface area contributed by atoms with E-state index in [1.54, 1.807) is 12.1 Å². The Kier molecular flexibility index (Phi) is 8.58. The highest BCUT2D eigenvalue weighted by molar-refractivity contribution is 6.32. The van der Waals surface area contributed by atoms with E-state index in [1.165, 1.54) is 38.8 Å². The van der Waals surface area contributed by atoms with Gasteiger partial charge in [0.2, 0.25) is 0 Å². The molecule has 2 saturated heterocycles. The summed E-state index contributed by atoms with van der Waals surface area (Å²) in [6.07, 6.45) is 0. The zero-order valence-corrected chi connectivity index (χ0v) is 16.5. The van der Waals surface area contributed by atoms with Gasteiger partial charge in [0.15, 0.2) is 0 Å². The molecule has 2 fully saturated rings. The van der Waals surface area contributed by atoms with E-state index in [9.17, 15) is 10.1 Å². The van der Waals surface area contributed by atoms with Gasteiger partial charge in [0.05, 0.1) is 4.92 Å². The molecule has 2 aliphatic rings. The van der Waals surface area contributed by atoms with Crippen LogP contribution >= 0.6 is 11.6 Å². The third-order valence-electron chi connectivity index (χ3n) is 4.97. The summed E-state index contributed by atoms with van der Waals surface area (Å²) in [4.78, 5) is 17.3. The standard InChI is InChI=1S/C12H16ClN3O2.C6H14N2/c1-2-14-5-7-15(8-6-14)10-3-4-12(16(17)18)11(13)9-10;1-2-8-5-3-7-4-6-8/h3-4,9H,2,5-8H2,1H3;7H,2-6H2,1H3. The van der Waals surface area contributed by atoms with Crippen LogP contribution in [0.3, 0.4) is 0 Å². The van der Waals surface area contributed by atoms with E-state index in [-0.39, 0.29) is 10.7 Å². The van der Waals surface area contributed by atoms with Gasteiger partial charge in [-0.3, -0.25) is 10.1 Å². The summed E-state index contributed by atoms with van der Waals surface area (Å²) in [5.41, 5.74) is 0.925. The molecular weight excluding hydrogens is 354 g/mol. The number of nitrogens with zero attached hydrogens (tertiary/aromatic N) is 4. The average molecular weight is 384 g/mol. The summed E-state index contributed by atoms with van der Waals surface area (Å²) in [7, 11) is 0. The third-order valence-corrected chi connectivity index (χ3v) is 5.27. The summed E-state index contributed by atoms with van der Waals surface area (Å²) < 4.78 is 0. The number of nitro groups is 1. The first kappa shape index (κ1) is 20.9. The van der Waals surface area contributed by atoms with Crippen LogP contribution in [-0.2, 0) is 0 Å². The summed E-state index contributed by atoms with van der Waals surface area (Å²) >= 11 is 5.92. The number of hydrogen-bond acceptors (Lipinski definition) is 6. The van der Waals surface area contributed by atoms with Crippen molar-refractivity contribution >= 4 is 23.0 Å². The monoisotopic (exact) mass is 383 g/mol. The number of anilines is 1. The first-order valence-corrected chi connectivity index (χ1v) is 9.77. The SMILES string of the molecule is CCN1CCN(c2ccc([N+](=O)[O-])c(Cl)c2)CC1.CCN1CCNCC1. The Morgan fingerprint density at radius 1 is 1.04 bits per heavy atom. The Bertz CT molecular complexity index is 573. The van der Waals surface area contributed by atoms with Gasteiger partial charge in [-0.1, -0.05) is 25.4 Å². The second kappa shape index (κ2) is 10.7. The fourth-order valence-corrected chi connectivity index (χ4v) is 3.43. The smallest absolute Gasteiger partial charge is 0.288 e. The molecule has 1 aromatic rings. The number of benzene rings is 1. The molecule has 7 nitrogen and oxygen atoms in total. The van der Waals surface area contributed by atoms with Crippen molar-refractivity contribution in [1.29, 1.82) is 0 Å². The molecule has 2 heterocycles. The molecule has 3 rings (SSSR count). The van der Waals surface area contributed by atoms with Crippen molar-refractivity contribution in [3.63, 3.8) is 0 Å². The van der Waals surface area contributed by atoms with E-state index in [1.807, 2.05) is 0 Å². The van der Waals surface area contributed by atoms with Crippen LogP contribution in [0.25, 0.3) is 0 Å². The summed E-state index contributed by atoms with van der Waals surface area (Å²) in [5, 5.41) is 14.2. The minimum absolute atomic E-state index is 0.0346. The van der Waals surface area contributed by atoms with Gasteiger partial charge in [-0.05, 0) is 25.2 Å². The molecule has 0 radical (unpaired) electrons. The molecule has 0 aliphatic carbocycles. The zero-order valence-electron chi connectivity index (χ0n) is 15.8. The number of nitro benzene ring substituents is 1. The maximum absolute atomic E-state index is 10.7. The molecule has 8 heteroatoms. The Morgan fingerprint density at radius 2 is 1.62 bits per heavy atom. The zero-order chi connectivity index (χ0) is 18.9. The van der Waals surface area contributed by atoms with Gasteiger partial charge in [0.1, 0.15) is 5.02 Å². The third kappa shape index (κ3) is 6.09. The van der Waals surface area contributed by atoms with Crippen molar-refractivity contribution in [2.24, 2.45) is 0 Å². The molecule has 1 N–H and O–H groups in total. The minimum Gasteiger partial charge on any atom is -0.369 e. The summed E-state index contributed by atoms with van der Waals surface area (Å²) in [6, 6.07) is 4.93. The molecule has 0 bridgehead atoms. The van der Waals surface area contributed by atoms with Crippen molar-refractivity contribution in [3.8, 4) is 0 Å². The lowest BCUT2D eigenvalue weighted by Gasteiger charge is -2.35. The second-order valence-corrected chi connectivity index (χ2v) is 6.91. The number of halogens is 1. The number of rotatable bonds is 4. The molecule has 0 atom stereocenters. The normalized spacial score (nSPS) is 19.0. The summed E-state index contributed by atoms with van der Waals surface area (Å²) in [5.74, 6) is 0.